The monoisotopic (exact) mass is 262 g/mol. The van der Waals surface area contributed by atoms with E-state index in [2.05, 4.69) is 28.5 Å². The number of aromatic amines is 1. The van der Waals surface area contributed by atoms with E-state index in [4.69, 9.17) is 0 Å². The van der Waals surface area contributed by atoms with Crippen molar-refractivity contribution in [1.82, 2.24) is 10.3 Å². The summed E-state index contributed by atoms with van der Waals surface area (Å²) in [4.78, 5) is 3.39. The van der Waals surface area contributed by atoms with Crippen molar-refractivity contribution in [2.45, 2.75) is 23.5 Å². The van der Waals surface area contributed by atoms with Gasteiger partial charge in [-0.15, -0.1) is 11.8 Å². The molecular formula is C14H18N2OS. The summed E-state index contributed by atoms with van der Waals surface area (Å²) in [5.41, 5.74) is 0.657. The molecule has 1 aliphatic rings. The summed E-state index contributed by atoms with van der Waals surface area (Å²) >= 11 is 1.72. The average molecular weight is 262 g/mol. The number of aromatic nitrogens is 1. The van der Waals surface area contributed by atoms with Crippen molar-refractivity contribution in [2.24, 2.45) is 0 Å². The second kappa shape index (κ2) is 4.96. The number of fused-ring (bicyclic) bond motifs is 1. The molecule has 0 bridgehead atoms. The third-order valence-corrected chi connectivity index (χ3v) is 4.75. The third-order valence-electron chi connectivity index (χ3n) is 3.54. The fourth-order valence-electron chi connectivity index (χ4n) is 2.37. The van der Waals surface area contributed by atoms with Gasteiger partial charge in [-0.25, -0.2) is 0 Å². The van der Waals surface area contributed by atoms with Gasteiger partial charge < -0.3 is 15.4 Å². The van der Waals surface area contributed by atoms with Crippen LogP contribution in [0.25, 0.3) is 10.9 Å². The van der Waals surface area contributed by atoms with Crippen LogP contribution in [0.15, 0.2) is 35.4 Å². The van der Waals surface area contributed by atoms with Gasteiger partial charge >= 0.3 is 0 Å². The molecular weight excluding hydrogens is 244 g/mol. The summed E-state index contributed by atoms with van der Waals surface area (Å²) in [6.07, 6.45) is 1.69. The van der Waals surface area contributed by atoms with E-state index in [0.29, 0.717) is 0 Å². The number of hydrogen-bond donors (Lipinski definition) is 3. The van der Waals surface area contributed by atoms with Crippen molar-refractivity contribution in [2.75, 3.05) is 18.8 Å². The number of piperidine rings is 1. The fraction of sp³-hybridized carbons (Fsp3) is 0.429. The lowest BCUT2D eigenvalue weighted by Crippen LogP contribution is -2.43. The lowest BCUT2D eigenvalue weighted by molar-refractivity contribution is 0.0339. The van der Waals surface area contributed by atoms with Crippen molar-refractivity contribution in [1.29, 1.82) is 0 Å². The van der Waals surface area contributed by atoms with Gasteiger partial charge in [-0.3, -0.25) is 0 Å². The molecule has 2 aromatic rings. The highest BCUT2D eigenvalue weighted by Crippen LogP contribution is 2.29. The zero-order valence-electron chi connectivity index (χ0n) is 10.3. The van der Waals surface area contributed by atoms with E-state index in [-0.39, 0.29) is 0 Å². The summed E-state index contributed by atoms with van der Waals surface area (Å²) in [7, 11) is 0. The molecule has 1 fully saturated rings. The summed E-state index contributed by atoms with van der Waals surface area (Å²) < 4.78 is 0. The molecule has 0 radical (unpaired) electrons. The van der Waals surface area contributed by atoms with E-state index < -0.39 is 5.60 Å². The number of para-hydroxylation sites is 1. The molecule has 0 aliphatic carbocycles. The fourth-order valence-corrected chi connectivity index (χ4v) is 3.48. The molecule has 2 heterocycles. The lowest BCUT2D eigenvalue weighted by atomic mass is 9.95. The van der Waals surface area contributed by atoms with Crippen LogP contribution in [0.2, 0.25) is 0 Å². The number of hydrogen-bond acceptors (Lipinski definition) is 3. The van der Waals surface area contributed by atoms with Crippen molar-refractivity contribution in [3.8, 4) is 0 Å². The number of nitrogens with one attached hydrogen (secondary N) is 2. The second-order valence-electron chi connectivity index (χ2n) is 4.98. The first-order valence-corrected chi connectivity index (χ1v) is 7.37. The maximum Gasteiger partial charge on any atom is 0.0766 e. The molecule has 96 valence electrons. The maximum atomic E-state index is 10.4. The topological polar surface area (TPSA) is 48.0 Å². The Balaban J connectivity index is 1.69. The van der Waals surface area contributed by atoms with Crippen LogP contribution >= 0.6 is 11.8 Å². The molecule has 1 aromatic heterocycles. The number of thioether (sulfide) groups is 1. The van der Waals surface area contributed by atoms with Gasteiger partial charge in [-0.05, 0) is 38.1 Å². The zero-order valence-corrected chi connectivity index (χ0v) is 11.1. The molecule has 0 amide bonds. The van der Waals surface area contributed by atoms with Crippen molar-refractivity contribution in [3.05, 3.63) is 30.3 Å². The Morgan fingerprint density at radius 1 is 1.22 bits per heavy atom. The highest BCUT2D eigenvalue weighted by molar-refractivity contribution is 7.99. The van der Waals surface area contributed by atoms with E-state index in [1.54, 1.807) is 11.8 Å². The van der Waals surface area contributed by atoms with Crippen molar-refractivity contribution >= 4 is 22.7 Å². The first kappa shape index (κ1) is 12.1. The predicted octanol–water partition coefficient (Wildman–Crippen LogP) is 2.37. The Bertz CT molecular complexity index is 498. The first-order valence-electron chi connectivity index (χ1n) is 6.39. The smallest absolute Gasteiger partial charge is 0.0766 e. The van der Waals surface area contributed by atoms with Crippen LogP contribution in [0.3, 0.4) is 0 Å². The summed E-state index contributed by atoms with van der Waals surface area (Å²) in [5, 5.41) is 16.1. The van der Waals surface area contributed by atoms with E-state index in [0.717, 1.165) is 42.2 Å². The SMILES string of the molecule is OC1(CSc2cc3ccccc3[nH]2)CCNCC1. The minimum Gasteiger partial charge on any atom is -0.389 e. The standard InChI is InChI=1S/C14H18N2OS/c17-14(5-7-15-8-6-14)10-18-13-9-11-3-1-2-4-12(11)16-13/h1-4,9,15-17H,5-8,10H2. The third kappa shape index (κ3) is 2.55. The van der Waals surface area contributed by atoms with Crippen LogP contribution in [0.4, 0.5) is 0 Å². The van der Waals surface area contributed by atoms with E-state index in [1.165, 1.54) is 5.39 Å². The van der Waals surface area contributed by atoms with Gasteiger partial charge in [-0.1, -0.05) is 18.2 Å². The molecule has 3 rings (SSSR count). The number of rotatable bonds is 3. The molecule has 1 aromatic carbocycles. The van der Waals surface area contributed by atoms with Crippen LogP contribution in [-0.2, 0) is 0 Å². The van der Waals surface area contributed by atoms with Crippen LogP contribution < -0.4 is 5.32 Å². The van der Waals surface area contributed by atoms with Gasteiger partial charge in [-0.2, -0.15) is 0 Å². The molecule has 0 atom stereocenters. The Labute approximate surface area is 111 Å². The molecule has 3 N–H and O–H groups in total. The van der Waals surface area contributed by atoms with Crippen LogP contribution in [0.1, 0.15) is 12.8 Å². The van der Waals surface area contributed by atoms with Crippen LogP contribution in [0.5, 0.6) is 0 Å². The summed E-state index contributed by atoms with van der Waals surface area (Å²) in [6, 6.07) is 10.4. The molecule has 0 unspecified atom stereocenters. The molecule has 1 saturated heterocycles. The van der Waals surface area contributed by atoms with Gasteiger partial charge in [0.15, 0.2) is 0 Å². The normalized spacial score (nSPS) is 19.2. The maximum absolute atomic E-state index is 10.4. The molecule has 18 heavy (non-hydrogen) atoms. The van der Waals surface area contributed by atoms with E-state index >= 15 is 0 Å². The van der Waals surface area contributed by atoms with E-state index in [9.17, 15) is 5.11 Å². The molecule has 0 spiro atoms. The van der Waals surface area contributed by atoms with Gasteiger partial charge in [0.1, 0.15) is 0 Å². The highest BCUT2D eigenvalue weighted by Gasteiger charge is 2.29. The predicted molar refractivity (Wildman–Crippen MR) is 76.1 cm³/mol. The number of benzene rings is 1. The molecule has 4 heteroatoms. The average Bonchev–Trinajstić information content (AvgIpc) is 2.80. The summed E-state index contributed by atoms with van der Waals surface area (Å²) in [6.45, 7) is 1.84. The van der Waals surface area contributed by atoms with E-state index in [1.807, 2.05) is 12.1 Å². The zero-order chi connectivity index (χ0) is 12.4. The van der Waals surface area contributed by atoms with Gasteiger partial charge in [0.2, 0.25) is 0 Å². The Morgan fingerprint density at radius 3 is 2.78 bits per heavy atom. The second-order valence-corrected chi connectivity index (χ2v) is 6.00. The first-order chi connectivity index (χ1) is 8.75. The lowest BCUT2D eigenvalue weighted by Gasteiger charge is -2.31. The van der Waals surface area contributed by atoms with Crippen LogP contribution in [0, 0.1) is 0 Å². The Hall–Kier alpha value is -0.970. The van der Waals surface area contributed by atoms with Crippen molar-refractivity contribution < 1.29 is 5.11 Å². The summed E-state index contributed by atoms with van der Waals surface area (Å²) in [5.74, 6) is 0.765. The minimum atomic E-state index is -0.507. The van der Waals surface area contributed by atoms with Crippen LogP contribution in [-0.4, -0.2) is 34.5 Å². The highest BCUT2D eigenvalue weighted by atomic mass is 32.2. The minimum absolute atomic E-state index is 0.507. The number of aliphatic hydroxyl groups is 1. The molecule has 0 saturated carbocycles. The largest absolute Gasteiger partial charge is 0.389 e. The van der Waals surface area contributed by atoms with Gasteiger partial charge in [0.25, 0.3) is 0 Å². The molecule has 3 nitrogen and oxygen atoms in total. The van der Waals surface area contributed by atoms with Gasteiger partial charge in [0.05, 0.1) is 10.6 Å². The van der Waals surface area contributed by atoms with Gasteiger partial charge in [0, 0.05) is 16.7 Å². The quantitative estimate of drug-likeness (QED) is 0.744. The Kier molecular flexibility index (Phi) is 3.33. The molecule has 1 aliphatic heterocycles. The Morgan fingerprint density at radius 2 is 2.00 bits per heavy atom. The van der Waals surface area contributed by atoms with Crippen molar-refractivity contribution in [3.63, 3.8) is 0 Å². The number of H-pyrrole nitrogens is 1.